The Morgan fingerprint density at radius 3 is 2.85 bits per heavy atom. The third-order valence-corrected chi connectivity index (χ3v) is 4.98. The average Bonchev–Trinajstić information content (AvgIpc) is 3.33. The number of furan rings is 1. The zero-order valence-electron chi connectivity index (χ0n) is 15.2. The molecule has 1 fully saturated rings. The molecule has 1 unspecified atom stereocenters. The van der Waals surface area contributed by atoms with E-state index in [1.807, 2.05) is 12.1 Å². The van der Waals surface area contributed by atoms with Crippen LogP contribution in [0, 0.1) is 5.92 Å². The second-order valence-corrected chi connectivity index (χ2v) is 7.55. The number of nitrogens with one attached hydrogen (secondary N) is 1. The van der Waals surface area contributed by atoms with Crippen molar-refractivity contribution in [1.29, 1.82) is 0 Å². The summed E-state index contributed by atoms with van der Waals surface area (Å²) in [6.45, 7) is 4.07. The lowest BCUT2D eigenvalue weighted by Gasteiger charge is -2.23. The van der Waals surface area contributed by atoms with Crippen LogP contribution < -0.4 is 5.32 Å². The van der Waals surface area contributed by atoms with E-state index in [1.54, 1.807) is 6.26 Å². The molecule has 0 amide bonds. The van der Waals surface area contributed by atoms with Crippen LogP contribution in [0.25, 0.3) is 0 Å². The van der Waals surface area contributed by atoms with Crippen LogP contribution in [0.3, 0.4) is 0 Å². The zero-order valence-corrected chi connectivity index (χ0v) is 16.7. The molecule has 0 bridgehead atoms. The number of ether oxygens (including phenoxy) is 1. The van der Waals surface area contributed by atoms with Crippen LogP contribution >= 0.6 is 15.9 Å². The Labute approximate surface area is 163 Å². The highest BCUT2D eigenvalue weighted by atomic mass is 79.9. The van der Waals surface area contributed by atoms with E-state index in [1.165, 1.54) is 5.56 Å². The third-order valence-electron chi connectivity index (χ3n) is 4.45. The van der Waals surface area contributed by atoms with Gasteiger partial charge < -0.3 is 19.4 Å². The number of hydrogen-bond donors (Lipinski definition) is 1. The van der Waals surface area contributed by atoms with Gasteiger partial charge in [0, 0.05) is 50.1 Å². The summed E-state index contributed by atoms with van der Waals surface area (Å²) in [5.74, 6) is 2.43. The summed E-state index contributed by atoms with van der Waals surface area (Å²) in [4.78, 5) is 7.02. The molecule has 140 valence electrons. The van der Waals surface area contributed by atoms with Crippen molar-refractivity contribution in [2.45, 2.75) is 19.4 Å². The van der Waals surface area contributed by atoms with Gasteiger partial charge in [0.15, 0.2) is 5.96 Å². The quantitative estimate of drug-likeness (QED) is 0.548. The summed E-state index contributed by atoms with van der Waals surface area (Å²) in [6, 6.07) is 12.3. The molecule has 1 aliphatic rings. The first-order chi connectivity index (χ1) is 12.7. The van der Waals surface area contributed by atoms with Gasteiger partial charge in [0.25, 0.3) is 0 Å². The van der Waals surface area contributed by atoms with Crippen molar-refractivity contribution in [2.75, 3.05) is 33.4 Å². The Morgan fingerprint density at radius 1 is 1.31 bits per heavy atom. The second kappa shape index (κ2) is 9.78. The van der Waals surface area contributed by atoms with E-state index in [0.29, 0.717) is 5.92 Å². The molecule has 0 spiro atoms. The Kier molecular flexibility index (Phi) is 7.14. The minimum absolute atomic E-state index is 0.526. The fourth-order valence-corrected chi connectivity index (χ4v) is 3.21. The van der Waals surface area contributed by atoms with Crippen molar-refractivity contribution in [3.8, 4) is 0 Å². The molecule has 1 aromatic heterocycles. The van der Waals surface area contributed by atoms with Gasteiger partial charge >= 0.3 is 0 Å². The number of nitrogens with zero attached hydrogens (tertiary/aromatic N) is 2. The van der Waals surface area contributed by atoms with Crippen LogP contribution in [0.1, 0.15) is 17.7 Å². The fourth-order valence-electron chi connectivity index (χ4n) is 2.95. The molecule has 0 aliphatic carbocycles. The standard InChI is InChI=1S/C20H26BrN3O2/c1-24(14-16-4-6-18(21)7-5-16)20(23-13-17-9-12-25-15-17)22-10-8-19-3-2-11-26-19/h2-7,11,17H,8-10,12-15H2,1H3,(H,22,23). The summed E-state index contributed by atoms with van der Waals surface area (Å²) in [5.41, 5.74) is 1.25. The smallest absolute Gasteiger partial charge is 0.193 e. The zero-order chi connectivity index (χ0) is 18.2. The molecule has 1 aliphatic heterocycles. The number of hydrogen-bond acceptors (Lipinski definition) is 3. The molecule has 5 nitrogen and oxygen atoms in total. The summed E-state index contributed by atoms with van der Waals surface area (Å²) in [6.07, 6.45) is 3.65. The maximum Gasteiger partial charge on any atom is 0.193 e. The number of benzene rings is 1. The van der Waals surface area contributed by atoms with Gasteiger partial charge in [0.1, 0.15) is 5.76 Å². The molecule has 2 aromatic rings. The largest absolute Gasteiger partial charge is 0.469 e. The second-order valence-electron chi connectivity index (χ2n) is 6.63. The van der Waals surface area contributed by atoms with Crippen molar-refractivity contribution < 1.29 is 9.15 Å². The molecular weight excluding hydrogens is 394 g/mol. The highest BCUT2D eigenvalue weighted by molar-refractivity contribution is 9.10. The minimum atomic E-state index is 0.526. The van der Waals surface area contributed by atoms with Crippen LogP contribution in [0.5, 0.6) is 0 Å². The van der Waals surface area contributed by atoms with E-state index < -0.39 is 0 Å². The summed E-state index contributed by atoms with van der Waals surface area (Å²) in [5, 5.41) is 3.48. The van der Waals surface area contributed by atoms with Crippen molar-refractivity contribution in [3.63, 3.8) is 0 Å². The topological polar surface area (TPSA) is 50.0 Å². The number of rotatable bonds is 7. The summed E-state index contributed by atoms with van der Waals surface area (Å²) in [7, 11) is 2.08. The van der Waals surface area contributed by atoms with Gasteiger partial charge in [-0.05, 0) is 36.2 Å². The molecule has 26 heavy (non-hydrogen) atoms. The normalized spacial score (nSPS) is 17.5. The van der Waals surface area contributed by atoms with Gasteiger partial charge in [0.05, 0.1) is 12.9 Å². The number of aliphatic imine (C=N–C) groups is 1. The van der Waals surface area contributed by atoms with E-state index in [2.05, 4.69) is 57.5 Å². The number of guanidine groups is 1. The molecule has 0 saturated carbocycles. The molecule has 3 rings (SSSR count). The van der Waals surface area contributed by atoms with Crippen molar-refractivity contribution in [2.24, 2.45) is 10.9 Å². The van der Waals surface area contributed by atoms with Crippen molar-refractivity contribution in [3.05, 3.63) is 58.5 Å². The highest BCUT2D eigenvalue weighted by Gasteiger charge is 2.16. The van der Waals surface area contributed by atoms with Crippen LogP contribution in [0.2, 0.25) is 0 Å². The SMILES string of the molecule is CN(Cc1ccc(Br)cc1)C(=NCC1CCOC1)NCCc1ccco1. The average molecular weight is 420 g/mol. The summed E-state index contributed by atoms with van der Waals surface area (Å²) < 4.78 is 12.0. The molecular formula is C20H26BrN3O2. The maximum absolute atomic E-state index is 5.47. The van der Waals surface area contributed by atoms with Crippen LogP contribution in [0.4, 0.5) is 0 Å². The van der Waals surface area contributed by atoms with Gasteiger partial charge in [-0.3, -0.25) is 4.99 Å². The molecule has 2 heterocycles. The monoisotopic (exact) mass is 419 g/mol. The molecule has 1 N–H and O–H groups in total. The minimum Gasteiger partial charge on any atom is -0.469 e. The van der Waals surface area contributed by atoms with E-state index in [0.717, 1.165) is 61.9 Å². The highest BCUT2D eigenvalue weighted by Crippen LogP contribution is 2.14. The van der Waals surface area contributed by atoms with Gasteiger partial charge in [-0.1, -0.05) is 28.1 Å². The van der Waals surface area contributed by atoms with Crippen LogP contribution in [-0.4, -0.2) is 44.2 Å². The molecule has 6 heteroatoms. The molecule has 1 atom stereocenters. The van der Waals surface area contributed by atoms with Gasteiger partial charge in [-0.2, -0.15) is 0 Å². The van der Waals surface area contributed by atoms with Crippen LogP contribution in [0.15, 0.2) is 56.5 Å². The van der Waals surface area contributed by atoms with Gasteiger partial charge in [-0.25, -0.2) is 0 Å². The lowest BCUT2D eigenvalue weighted by Crippen LogP contribution is -2.40. The Morgan fingerprint density at radius 2 is 2.15 bits per heavy atom. The lowest BCUT2D eigenvalue weighted by atomic mass is 10.1. The van der Waals surface area contributed by atoms with Gasteiger partial charge in [0.2, 0.25) is 0 Å². The van der Waals surface area contributed by atoms with Crippen molar-refractivity contribution >= 4 is 21.9 Å². The Hall–Kier alpha value is -1.79. The lowest BCUT2D eigenvalue weighted by molar-refractivity contribution is 0.187. The first kappa shape index (κ1) is 19.0. The first-order valence-electron chi connectivity index (χ1n) is 9.05. The number of halogens is 1. The predicted octanol–water partition coefficient (Wildman–Crippen LogP) is 3.70. The molecule has 1 aromatic carbocycles. The van der Waals surface area contributed by atoms with E-state index in [4.69, 9.17) is 14.1 Å². The van der Waals surface area contributed by atoms with Crippen LogP contribution in [-0.2, 0) is 17.7 Å². The molecule has 1 saturated heterocycles. The Balaban J connectivity index is 1.59. The third kappa shape index (κ3) is 5.88. The van der Waals surface area contributed by atoms with Crippen molar-refractivity contribution in [1.82, 2.24) is 10.2 Å². The Bertz CT molecular complexity index is 680. The van der Waals surface area contributed by atoms with Gasteiger partial charge in [-0.15, -0.1) is 0 Å². The maximum atomic E-state index is 5.47. The molecule has 0 radical (unpaired) electrons. The summed E-state index contributed by atoms with van der Waals surface area (Å²) >= 11 is 3.49. The van der Waals surface area contributed by atoms with E-state index in [-0.39, 0.29) is 0 Å². The van der Waals surface area contributed by atoms with E-state index >= 15 is 0 Å². The fraction of sp³-hybridized carbons (Fsp3) is 0.450. The predicted molar refractivity (Wildman–Crippen MR) is 107 cm³/mol. The van der Waals surface area contributed by atoms with E-state index in [9.17, 15) is 0 Å². The first-order valence-corrected chi connectivity index (χ1v) is 9.84.